The molecule has 0 aliphatic rings. The summed E-state index contributed by atoms with van der Waals surface area (Å²) in [4.78, 5) is 99.2. The number of allylic oxidation sites excluding steroid dienone is 2. The normalized spacial score (nSPS) is 11.7. The second kappa shape index (κ2) is 62.3. The van der Waals surface area contributed by atoms with E-state index in [1.54, 1.807) is 0 Å². The first-order chi connectivity index (χ1) is 42.7. The summed E-state index contributed by atoms with van der Waals surface area (Å²) in [5.41, 5.74) is 1.37. The van der Waals surface area contributed by atoms with Gasteiger partial charge < -0.3 is 42.5 Å². The third-order valence-electron chi connectivity index (χ3n) is 15.3. The Kier molecular flexibility index (Phi) is 58.8. The SMILES string of the molecule is BOC(=O)CCCCCCCC(=O)OC(COC(=C)CCCCCCCC(=C)CCCCCCCCC)COC(=O)CCCCCCCC(=O)OCC(COC(=O)CCCCCCCC(=O)OCCCC)OC(=O)CCCCCCCC(=O)OCCCC. The molecule has 0 rings (SSSR count). The zero-order valence-corrected chi connectivity index (χ0v) is 56.0. The molecule has 0 radical (unpaired) electrons. The number of rotatable bonds is 65. The van der Waals surface area contributed by atoms with E-state index < -0.39 is 42.1 Å². The number of esters is 7. The van der Waals surface area contributed by atoms with Gasteiger partial charge in [0.05, 0.1) is 19.0 Å². The maximum atomic E-state index is 12.9. The van der Waals surface area contributed by atoms with Crippen LogP contribution in [0.25, 0.3) is 0 Å². The monoisotopic (exact) mass is 1250 g/mol. The van der Waals surface area contributed by atoms with Gasteiger partial charge in [-0.3, -0.25) is 38.4 Å². The third-order valence-corrected chi connectivity index (χ3v) is 15.3. The molecule has 0 saturated heterocycles. The van der Waals surface area contributed by atoms with Crippen LogP contribution in [0.3, 0.4) is 0 Å². The molecule has 88 heavy (non-hydrogen) atoms. The lowest BCUT2D eigenvalue weighted by Crippen LogP contribution is -2.30. The minimum absolute atomic E-state index is 0.0282. The van der Waals surface area contributed by atoms with Crippen molar-refractivity contribution in [1.82, 2.24) is 0 Å². The van der Waals surface area contributed by atoms with Gasteiger partial charge in [-0.05, 0) is 96.3 Å². The Morgan fingerprint density at radius 1 is 0.273 bits per heavy atom. The highest BCUT2D eigenvalue weighted by atomic mass is 16.6. The van der Waals surface area contributed by atoms with E-state index in [1.807, 2.05) is 13.8 Å². The van der Waals surface area contributed by atoms with Crippen molar-refractivity contribution in [2.75, 3.05) is 39.6 Å². The van der Waals surface area contributed by atoms with Crippen LogP contribution in [0, 0.1) is 0 Å². The topological polar surface area (TPSA) is 220 Å². The molecule has 2 atom stereocenters. The Bertz CT molecular complexity index is 1820. The molecular weight excluding hydrogens is 1120 g/mol. The van der Waals surface area contributed by atoms with Crippen LogP contribution in [0.5, 0.6) is 0 Å². The van der Waals surface area contributed by atoms with Gasteiger partial charge in [0.1, 0.15) is 26.4 Å². The molecule has 18 heteroatoms. The lowest BCUT2D eigenvalue weighted by atomic mass is 10.0. The molecule has 0 amide bonds. The number of ether oxygens (including phenoxy) is 8. The molecule has 0 fully saturated rings. The standard InChI is InChI=1S/C70H123BO17/c1-6-9-12-13-14-20-31-42-59(4)43-32-21-15-22-33-44-60(5)82-55-61(86-68(77)50-40-29-19-30-41-52-70(79)88-71)56-83-65(74)47-37-26-17-27-38-49-67(76)85-58-62(87-69(78)51-39-28-18-24-35-46-64(73)81-54-11-8-3)57-84-66(75)48-36-25-16-23-34-45-63(72)80-53-10-7-2/h61-62H,4-58,71H2,1-3H3. The Hall–Kier alpha value is -4.90. The second-order valence-corrected chi connectivity index (χ2v) is 23.8. The van der Waals surface area contributed by atoms with E-state index in [4.69, 9.17) is 42.5 Å². The minimum Gasteiger partial charge on any atom is -0.543 e. The fraction of sp³-hybridized carbons (Fsp3) is 0.829. The van der Waals surface area contributed by atoms with Crippen LogP contribution in [-0.2, 0) is 80.9 Å². The van der Waals surface area contributed by atoms with Crippen molar-refractivity contribution in [3.63, 3.8) is 0 Å². The summed E-state index contributed by atoms with van der Waals surface area (Å²) in [5.74, 6) is -2.16. The lowest BCUT2D eigenvalue weighted by Gasteiger charge is -2.19. The minimum atomic E-state index is -0.965. The first-order valence-electron chi connectivity index (χ1n) is 34.9. The summed E-state index contributed by atoms with van der Waals surface area (Å²) in [6.07, 6.45) is 36.5. The van der Waals surface area contributed by atoms with E-state index in [0.29, 0.717) is 76.8 Å². The van der Waals surface area contributed by atoms with Crippen molar-refractivity contribution in [2.24, 2.45) is 0 Å². The molecular formula is C70H123BO17. The first-order valence-corrected chi connectivity index (χ1v) is 34.9. The van der Waals surface area contributed by atoms with Crippen molar-refractivity contribution >= 4 is 55.8 Å². The number of unbranched alkanes of at least 4 members (excludes halogenated alkanes) is 28. The van der Waals surface area contributed by atoms with Gasteiger partial charge in [-0.15, -0.1) is 0 Å². The number of hydrogen-bond acceptors (Lipinski definition) is 17. The van der Waals surface area contributed by atoms with Crippen LogP contribution in [0.4, 0.5) is 0 Å². The fourth-order valence-electron chi connectivity index (χ4n) is 9.65. The quantitative estimate of drug-likeness (QED) is 0.0138. The van der Waals surface area contributed by atoms with Gasteiger partial charge in [-0.1, -0.05) is 187 Å². The fourth-order valence-corrected chi connectivity index (χ4v) is 9.65. The Balaban J connectivity index is 4.91. The summed E-state index contributed by atoms with van der Waals surface area (Å²) in [5, 5.41) is 0. The first kappa shape index (κ1) is 83.1. The van der Waals surface area contributed by atoms with Gasteiger partial charge >= 0.3 is 49.8 Å². The van der Waals surface area contributed by atoms with Crippen LogP contribution in [0.2, 0.25) is 0 Å². The smallest absolute Gasteiger partial charge is 0.325 e. The molecule has 2 unspecified atom stereocenters. The van der Waals surface area contributed by atoms with E-state index in [1.165, 1.54) is 71.4 Å². The summed E-state index contributed by atoms with van der Waals surface area (Å²) in [6.45, 7) is 15.0. The maximum absolute atomic E-state index is 12.9. The average Bonchev–Trinajstić information content (AvgIpc) is 3.52. The zero-order chi connectivity index (χ0) is 64.8. The van der Waals surface area contributed by atoms with Crippen molar-refractivity contribution in [1.29, 1.82) is 0 Å². The van der Waals surface area contributed by atoms with Gasteiger partial charge in [0.25, 0.3) is 5.97 Å². The van der Waals surface area contributed by atoms with Crippen LogP contribution in [0.15, 0.2) is 24.5 Å². The van der Waals surface area contributed by atoms with Gasteiger partial charge in [0.2, 0.25) is 0 Å². The number of carbonyl (C=O) groups is 8. The molecule has 0 aromatic carbocycles. The Morgan fingerprint density at radius 2 is 0.511 bits per heavy atom. The van der Waals surface area contributed by atoms with E-state index in [-0.39, 0.29) is 76.4 Å². The van der Waals surface area contributed by atoms with Gasteiger partial charge in [0.15, 0.2) is 12.2 Å². The van der Waals surface area contributed by atoms with Gasteiger partial charge in [0, 0.05) is 57.8 Å². The van der Waals surface area contributed by atoms with E-state index in [0.717, 1.165) is 154 Å². The van der Waals surface area contributed by atoms with E-state index in [9.17, 15) is 38.4 Å². The molecule has 0 heterocycles. The van der Waals surface area contributed by atoms with E-state index >= 15 is 0 Å². The van der Waals surface area contributed by atoms with Crippen LogP contribution >= 0.6 is 0 Å². The number of carbonyl (C=O) groups excluding carboxylic acids is 8. The Labute approximate surface area is 533 Å². The van der Waals surface area contributed by atoms with Gasteiger partial charge in [-0.25, -0.2) is 0 Å². The molecule has 0 N–H and O–H groups in total. The molecule has 0 saturated carbocycles. The average molecular weight is 1250 g/mol. The zero-order valence-electron chi connectivity index (χ0n) is 56.0. The third kappa shape index (κ3) is 58.8. The van der Waals surface area contributed by atoms with Crippen molar-refractivity contribution in [3.05, 3.63) is 24.5 Å². The van der Waals surface area contributed by atoms with Gasteiger partial charge in [-0.2, -0.15) is 0 Å². The number of hydrogen-bond donors (Lipinski definition) is 0. The van der Waals surface area contributed by atoms with Crippen LogP contribution < -0.4 is 0 Å². The molecule has 17 nitrogen and oxygen atoms in total. The summed E-state index contributed by atoms with van der Waals surface area (Å²) in [6, 6.07) is 0. The van der Waals surface area contributed by atoms with Crippen LogP contribution in [0.1, 0.15) is 323 Å². The molecule has 0 aliphatic carbocycles. The lowest BCUT2D eigenvalue weighted by molar-refractivity contribution is -0.167. The molecule has 0 aliphatic heterocycles. The summed E-state index contributed by atoms with van der Waals surface area (Å²) >= 11 is 0. The molecule has 0 aromatic heterocycles. The highest BCUT2D eigenvalue weighted by Gasteiger charge is 2.21. The maximum Gasteiger partial charge on any atom is 0.325 e. The highest BCUT2D eigenvalue weighted by Crippen LogP contribution is 2.20. The predicted octanol–water partition coefficient (Wildman–Crippen LogP) is 16.1. The highest BCUT2D eigenvalue weighted by molar-refractivity contribution is 6.05. The Morgan fingerprint density at radius 3 is 0.818 bits per heavy atom. The summed E-state index contributed by atoms with van der Waals surface area (Å²) < 4.78 is 49.0. The molecule has 508 valence electrons. The molecule has 0 spiro atoms. The van der Waals surface area contributed by atoms with Crippen LogP contribution in [-0.4, -0.2) is 108 Å². The predicted molar refractivity (Wildman–Crippen MR) is 347 cm³/mol. The largest absolute Gasteiger partial charge is 0.543 e. The molecule has 0 bridgehead atoms. The van der Waals surface area contributed by atoms with Crippen molar-refractivity contribution in [2.45, 2.75) is 335 Å². The molecule has 0 aromatic rings. The summed E-state index contributed by atoms with van der Waals surface area (Å²) in [7, 11) is 1.38. The second-order valence-electron chi connectivity index (χ2n) is 23.8. The van der Waals surface area contributed by atoms with Crippen molar-refractivity contribution < 1.29 is 80.9 Å². The van der Waals surface area contributed by atoms with Crippen molar-refractivity contribution in [3.8, 4) is 0 Å². The van der Waals surface area contributed by atoms with E-state index in [2.05, 4.69) is 20.1 Å².